The summed E-state index contributed by atoms with van der Waals surface area (Å²) in [4.78, 5) is 7.35. The van der Waals surface area contributed by atoms with Crippen molar-refractivity contribution in [3.05, 3.63) is 34.6 Å². The van der Waals surface area contributed by atoms with Gasteiger partial charge in [-0.05, 0) is 38.6 Å². The number of piperazine rings is 1. The van der Waals surface area contributed by atoms with Crippen molar-refractivity contribution in [3.63, 3.8) is 0 Å². The molecule has 0 spiro atoms. The lowest BCUT2D eigenvalue weighted by molar-refractivity contribution is 0.0565. The van der Waals surface area contributed by atoms with E-state index in [-0.39, 0.29) is 5.82 Å². The van der Waals surface area contributed by atoms with Gasteiger partial charge in [0, 0.05) is 55.9 Å². The fourth-order valence-corrected chi connectivity index (χ4v) is 3.85. The molecule has 3 rings (SSSR count). The quantitative estimate of drug-likeness (QED) is 0.846. The number of piperidine rings is 1. The van der Waals surface area contributed by atoms with Gasteiger partial charge in [-0.2, -0.15) is 0 Å². The lowest BCUT2D eigenvalue weighted by Crippen LogP contribution is -2.54. The lowest BCUT2D eigenvalue weighted by atomic mass is 10.0. The van der Waals surface area contributed by atoms with Crippen molar-refractivity contribution in [3.8, 4) is 0 Å². The fraction of sp³-hybridized carbons (Fsp3) is 0.647. The van der Waals surface area contributed by atoms with Crippen LogP contribution in [0.25, 0.3) is 0 Å². The van der Waals surface area contributed by atoms with Crippen LogP contribution in [0.4, 0.5) is 4.39 Å². The number of hydrogen-bond donors (Lipinski definition) is 0. The predicted octanol–water partition coefficient (Wildman–Crippen LogP) is 2.69. The van der Waals surface area contributed by atoms with Crippen LogP contribution in [0.2, 0.25) is 5.02 Å². The number of halogens is 2. The summed E-state index contributed by atoms with van der Waals surface area (Å²) in [7, 11) is 2.21. The number of likely N-dealkylation sites (tertiary alicyclic amines) is 1. The molecule has 0 radical (unpaired) electrons. The van der Waals surface area contributed by atoms with E-state index < -0.39 is 0 Å². The van der Waals surface area contributed by atoms with Crippen LogP contribution in [0.5, 0.6) is 0 Å². The summed E-state index contributed by atoms with van der Waals surface area (Å²) in [5.41, 5.74) is 0.634. The molecule has 2 aliphatic heterocycles. The average Bonchev–Trinajstić information content (AvgIpc) is 2.52. The Morgan fingerprint density at radius 1 is 1.18 bits per heavy atom. The zero-order valence-corrected chi connectivity index (χ0v) is 14.0. The topological polar surface area (TPSA) is 9.72 Å². The Bertz CT molecular complexity index is 482. The highest BCUT2D eigenvalue weighted by molar-refractivity contribution is 6.31. The SMILES string of the molecule is CN1CCCC(N2CCN(Cc3c(F)cccc3Cl)CC2)C1. The lowest BCUT2D eigenvalue weighted by Gasteiger charge is -2.42. The van der Waals surface area contributed by atoms with Gasteiger partial charge in [-0.25, -0.2) is 4.39 Å². The van der Waals surface area contributed by atoms with E-state index in [1.807, 2.05) is 0 Å². The number of hydrogen-bond acceptors (Lipinski definition) is 3. The molecule has 1 atom stereocenters. The molecule has 0 amide bonds. The molecule has 0 aromatic heterocycles. The Labute approximate surface area is 137 Å². The molecule has 1 unspecified atom stereocenters. The van der Waals surface area contributed by atoms with Crippen molar-refractivity contribution in [2.75, 3.05) is 46.3 Å². The van der Waals surface area contributed by atoms with Crippen molar-refractivity contribution in [1.82, 2.24) is 14.7 Å². The zero-order valence-electron chi connectivity index (χ0n) is 13.3. The predicted molar refractivity (Wildman–Crippen MR) is 88.8 cm³/mol. The molecule has 1 aromatic carbocycles. The normalized spacial score (nSPS) is 25.5. The van der Waals surface area contributed by atoms with Gasteiger partial charge in [0.25, 0.3) is 0 Å². The smallest absolute Gasteiger partial charge is 0.129 e. The molecule has 5 heteroatoms. The molecule has 2 saturated heterocycles. The fourth-order valence-electron chi connectivity index (χ4n) is 3.63. The summed E-state index contributed by atoms with van der Waals surface area (Å²) >= 11 is 6.13. The molecule has 1 aromatic rings. The first-order valence-corrected chi connectivity index (χ1v) is 8.59. The van der Waals surface area contributed by atoms with Gasteiger partial charge < -0.3 is 4.90 Å². The van der Waals surface area contributed by atoms with Crippen molar-refractivity contribution in [2.45, 2.75) is 25.4 Å². The van der Waals surface area contributed by atoms with Crippen LogP contribution in [0.15, 0.2) is 18.2 Å². The molecule has 0 bridgehead atoms. The van der Waals surface area contributed by atoms with Gasteiger partial charge >= 0.3 is 0 Å². The summed E-state index contributed by atoms with van der Waals surface area (Å²) in [5, 5.41) is 0.538. The highest BCUT2D eigenvalue weighted by atomic mass is 35.5. The monoisotopic (exact) mass is 325 g/mol. The molecule has 2 aliphatic rings. The molecule has 0 aliphatic carbocycles. The second-order valence-corrected chi connectivity index (χ2v) is 6.98. The molecule has 22 heavy (non-hydrogen) atoms. The van der Waals surface area contributed by atoms with Crippen LogP contribution in [-0.4, -0.2) is 67.1 Å². The van der Waals surface area contributed by atoms with Crippen LogP contribution in [0, 0.1) is 5.82 Å². The van der Waals surface area contributed by atoms with Crippen molar-refractivity contribution >= 4 is 11.6 Å². The maximum Gasteiger partial charge on any atom is 0.129 e. The minimum Gasteiger partial charge on any atom is -0.305 e. The average molecular weight is 326 g/mol. The van der Waals surface area contributed by atoms with Crippen LogP contribution < -0.4 is 0 Å². The highest BCUT2D eigenvalue weighted by Gasteiger charge is 2.27. The van der Waals surface area contributed by atoms with Gasteiger partial charge in [0.05, 0.1) is 0 Å². The third kappa shape index (κ3) is 3.80. The second kappa shape index (κ2) is 7.26. The van der Waals surface area contributed by atoms with E-state index in [2.05, 4.69) is 21.7 Å². The molecular weight excluding hydrogens is 301 g/mol. The zero-order chi connectivity index (χ0) is 15.5. The third-order valence-corrected chi connectivity index (χ3v) is 5.32. The molecule has 2 fully saturated rings. The molecule has 0 N–H and O–H groups in total. The summed E-state index contributed by atoms with van der Waals surface area (Å²) in [6, 6.07) is 5.63. The Balaban J connectivity index is 1.53. The van der Waals surface area contributed by atoms with Gasteiger partial charge in [0.15, 0.2) is 0 Å². The Hall–Kier alpha value is -0.680. The van der Waals surface area contributed by atoms with Gasteiger partial charge in [0.1, 0.15) is 5.82 Å². The van der Waals surface area contributed by atoms with E-state index in [1.165, 1.54) is 32.0 Å². The van der Waals surface area contributed by atoms with E-state index in [1.54, 1.807) is 12.1 Å². The Morgan fingerprint density at radius 2 is 1.95 bits per heavy atom. The van der Waals surface area contributed by atoms with Crippen LogP contribution in [0.3, 0.4) is 0 Å². The van der Waals surface area contributed by atoms with E-state index >= 15 is 0 Å². The van der Waals surface area contributed by atoms with E-state index in [0.717, 1.165) is 26.2 Å². The minimum atomic E-state index is -0.191. The van der Waals surface area contributed by atoms with Crippen LogP contribution in [0.1, 0.15) is 18.4 Å². The van der Waals surface area contributed by atoms with Crippen molar-refractivity contribution < 1.29 is 4.39 Å². The summed E-state index contributed by atoms with van der Waals surface area (Å²) in [6.45, 7) is 7.15. The van der Waals surface area contributed by atoms with Gasteiger partial charge in [-0.3, -0.25) is 9.80 Å². The number of likely N-dealkylation sites (N-methyl/N-ethyl adjacent to an activating group) is 1. The van der Waals surface area contributed by atoms with Crippen molar-refractivity contribution in [1.29, 1.82) is 0 Å². The Morgan fingerprint density at radius 3 is 2.64 bits per heavy atom. The van der Waals surface area contributed by atoms with E-state index in [4.69, 9.17) is 11.6 Å². The Kier molecular flexibility index (Phi) is 5.34. The first kappa shape index (κ1) is 16.2. The van der Waals surface area contributed by atoms with Crippen LogP contribution in [-0.2, 0) is 6.54 Å². The van der Waals surface area contributed by atoms with E-state index in [0.29, 0.717) is 23.2 Å². The summed E-state index contributed by atoms with van der Waals surface area (Å²) in [6.07, 6.45) is 2.61. The van der Waals surface area contributed by atoms with Gasteiger partial charge in [-0.15, -0.1) is 0 Å². The van der Waals surface area contributed by atoms with Gasteiger partial charge in [0.2, 0.25) is 0 Å². The first-order valence-electron chi connectivity index (χ1n) is 8.21. The summed E-state index contributed by atoms with van der Waals surface area (Å²) < 4.78 is 13.9. The minimum absolute atomic E-state index is 0.191. The van der Waals surface area contributed by atoms with E-state index in [9.17, 15) is 4.39 Å². The molecular formula is C17H25ClFN3. The highest BCUT2D eigenvalue weighted by Crippen LogP contribution is 2.22. The maximum absolute atomic E-state index is 13.9. The number of benzene rings is 1. The molecule has 122 valence electrons. The third-order valence-electron chi connectivity index (χ3n) is 4.97. The van der Waals surface area contributed by atoms with Gasteiger partial charge in [-0.1, -0.05) is 17.7 Å². The van der Waals surface area contributed by atoms with Crippen molar-refractivity contribution in [2.24, 2.45) is 0 Å². The standard InChI is InChI=1S/C17H25ClFN3/c1-20-7-3-4-14(12-20)22-10-8-21(9-11-22)13-15-16(18)5-2-6-17(15)19/h2,5-6,14H,3-4,7-13H2,1H3. The largest absolute Gasteiger partial charge is 0.305 e. The number of nitrogens with zero attached hydrogens (tertiary/aromatic N) is 3. The maximum atomic E-state index is 13.9. The molecule has 2 heterocycles. The van der Waals surface area contributed by atoms with Crippen LogP contribution >= 0.6 is 11.6 Å². The second-order valence-electron chi connectivity index (χ2n) is 6.57. The first-order chi connectivity index (χ1) is 10.6. The summed E-state index contributed by atoms with van der Waals surface area (Å²) in [5.74, 6) is -0.191. The molecule has 0 saturated carbocycles. The number of rotatable bonds is 3. The molecule has 3 nitrogen and oxygen atoms in total.